The van der Waals surface area contributed by atoms with Gasteiger partial charge in [0.1, 0.15) is 0 Å². The Labute approximate surface area is 205 Å². The predicted octanol–water partition coefficient (Wildman–Crippen LogP) is 5.47. The first-order valence-corrected chi connectivity index (χ1v) is 10.6. The molecule has 3 rings (SSSR count). The summed E-state index contributed by atoms with van der Waals surface area (Å²) in [5.74, 6) is 0.371. The van der Waals surface area contributed by atoms with Crippen molar-refractivity contribution in [2.75, 3.05) is 13.2 Å². The molecule has 3 N–H and O–H groups in total. The van der Waals surface area contributed by atoms with Crippen molar-refractivity contribution < 1.29 is 9.47 Å². The lowest BCUT2D eigenvalue weighted by Crippen LogP contribution is -2.34. The number of hydrogen-bond acceptors (Lipinski definition) is 3. The molecular formula is C22H28Cl2IN3O2. The van der Waals surface area contributed by atoms with Crippen LogP contribution in [0.25, 0.3) is 0 Å². The number of hydrogen-bond donors (Lipinski definition) is 2. The first-order chi connectivity index (χ1) is 14.0. The Balaban J connectivity index is 0.00000320. The molecule has 8 heteroatoms. The molecule has 164 valence electrons. The van der Waals surface area contributed by atoms with E-state index in [2.05, 4.69) is 34.6 Å². The molecule has 2 aromatic rings. The van der Waals surface area contributed by atoms with Gasteiger partial charge in [0, 0.05) is 23.3 Å². The summed E-state index contributed by atoms with van der Waals surface area (Å²) in [6, 6.07) is 13.6. The average molecular weight is 564 g/mol. The van der Waals surface area contributed by atoms with Crippen molar-refractivity contribution in [1.82, 2.24) is 5.32 Å². The topological polar surface area (TPSA) is 68.9 Å². The van der Waals surface area contributed by atoms with Crippen molar-refractivity contribution in [3.63, 3.8) is 0 Å². The molecule has 0 radical (unpaired) electrons. The van der Waals surface area contributed by atoms with Gasteiger partial charge in [-0.05, 0) is 48.6 Å². The number of nitrogens with zero attached hydrogens (tertiary/aromatic N) is 1. The molecule has 1 aliphatic rings. The Morgan fingerprint density at radius 3 is 2.50 bits per heavy atom. The number of rotatable bonds is 7. The fourth-order valence-corrected chi connectivity index (χ4v) is 3.74. The minimum atomic E-state index is -0.0757. The summed E-state index contributed by atoms with van der Waals surface area (Å²) in [6.45, 7) is 4.68. The summed E-state index contributed by atoms with van der Waals surface area (Å²) in [4.78, 5) is 4.43. The molecule has 5 nitrogen and oxygen atoms in total. The highest BCUT2D eigenvalue weighted by molar-refractivity contribution is 14.0. The van der Waals surface area contributed by atoms with Gasteiger partial charge in [0.15, 0.2) is 5.96 Å². The molecule has 2 aromatic carbocycles. The monoisotopic (exact) mass is 563 g/mol. The van der Waals surface area contributed by atoms with Gasteiger partial charge in [-0.2, -0.15) is 0 Å². The Bertz CT molecular complexity index is 828. The van der Waals surface area contributed by atoms with Crippen LogP contribution in [0.1, 0.15) is 42.5 Å². The Morgan fingerprint density at radius 1 is 1.17 bits per heavy atom. The molecule has 30 heavy (non-hydrogen) atoms. The second-order valence-corrected chi connectivity index (χ2v) is 8.02. The summed E-state index contributed by atoms with van der Waals surface area (Å²) < 4.78 is 11.3. The van der Waals surface area contributed by atoms with Crippen molar-refractivity contribution in [2.24, 2.45) is 10.7 Å². The molecule has 1 atom stereocenters. The zero-order valence-electron chi connectivity index (χ0n) is 16.9. The van der Waals surface area contributed by atoms with Crippen LogP contribution in [-0.2, 0) is 22.6 Å². The van der Waals surface area contributed by atoms with Gasteiger partial charge in [-0.15, -0.1) is 24.0 Å². The van der Waals surface area contributed by atoms with E-state index in [0.717, 1.165) is 42.7 Å². The van der Waals surface area contributed by atoms with Crippen LogP contribution in [-0.4, -0.2) is 25.3 Å². The number of halogens is 3. The number of nitrogens with one attached hydrogen (secondary N) is 1. The summed E-state index contributed by atoms with van der Waals surface area (Å²) in [6.07, 6.45) is 2.24. The molecule has 1 unspecified atom stereocenters. The SMILES string of the molecule is CC(NC(N)=NCc1ccc(COC2CCOCC2)cc1)c1ccc(Cl)cc1Cl.I. The van der Waals surface area contributed by atoms with Crippen LogP contribution in [0.2, 0.25) is 10.0 Å². The molecular weight excluding hydrogens is 536 g/mol. The number of guanidine groups is 1. The molecule has 0 spiro atoms. The third-order valence-corrected chi connectivity index (χ3v) is 5.46. The van der Waals surface area contributed by atoms with Gasteiger partial charge in [0.05, 0.1) is 25.3 Å². The van der Waals surface area contributed by atoms with Crippen LogP contribution in [0.15, 0.2) is 47.5 Å². The van der Waals surface area contributed by atoms with E-state index in [1.165, 1.54) is 0 Å². The largest absolute Gasteiger partial charge is 0.381 e. The van der Waals surface area contributed by atoms with Gasteiger partial charge in [-0.3, -0.25) is 0 Å². The highest BCUT2D eigenvalue weighted by Gasteiger charge is 2.14. The number of ether oxygens (including phenoxy) is 2. The summed E-state index contributed by atoms with van der Waals surface area (Å²) in [7, 11) is 0. The number of aliphatic imine (C=N–C) groups is 1. The van der Waals surface area contributed by atoms with E-state index in [4.69, 9.17) is 38.4 Å². The van der Waals surface area contributed by atoms with Crippen molar-refractivity contribution in [3.05, 3.63) is 69.2 Å². The van der Waals surface area contributed by atoms with Crippen molar-refractivity contribution in [3.8, 4) is 0 Å². The van der Waals surface area contributed by atoms with Gasteiger partial charge in [-0.25, -0.2) is 4.99 Å². The Morgan fingerprint density at radius 2 is 1.83 bits per heavy atom. The summed E-state index contributed by atoms with van der Waals surface area (Å²) in [5.41, 5.74) is 9.20. The normalized spacial score (nSPS) is 16.0. The maximum Gasteiger partial charge on any atom is 0.189 e. The smallest absolute Gasteiger partial charge is 0.189 e. The molecule has 1 heterocycles. The highest BCUT2D eigenvalue weighted by Crippen LogP contribution is 2.26. The van der Waals surface area contributed by atoms with Crippen LogP contribution < -0.4 is 11.1 Å². The van der Waals surface area contributed by atoms with Crippen LogP contribution in [0.4, 0.5) is 0 Å². The second kappa shape index (κ2) is 12.7. The average Bonchev–Trinajstić information content (AvgIpc) is 2.72. The standard InChI is InChI=1S/C22H27Cl2N3O2.HI/c1-15(20-7-6-18(23)12-21(20)24)27-22(25)26-13-16-2-4-17(5-3-16)14-29-19-8-10-28-11-9-19;/h2-7,12,15,19H,8-11,13-14H2,1H3,(H3,25,26,27);1H. The molecule has 1 fully saturated rings. The molecule has 1 aliphatic heterocycles. The number of benzene rings is 2. The second-order valence-electron chi connectivity index (χ2n) is 7.17. The summed E-state index contributed by atoms with van der Waals surface area (Å²) >= 11 is 12.2. The van der Waals surface area contributed by atoms with Crippen LogP contribution >= 0.6 is 47.2 Å². The first-order valence-electron chi connectivity index (χ1n) is 9.80. The molecule has 1 saturated heterocycles. The van der Waals surface area contributed by atoms with Gasteiger partial charge in [0.25, 0.3) is 0 Å². The molecule has 0 amide bonds. The van der Waals surface area contributed by atoms with Crippen LogP contribution in [0.3, 0.4) is 0 Å². The lowest BCUT2D eigenvalue weighted by molar-refractivity contribution is -0.0390. The van der Waals surface area contributed by atoms with Crippen molar-refractivity contribution in [2.45, 2.75) is 45.1 Å². The Hall–Kier alpha value is -1.06. The summed E-state index contributed by atoms with van der Waals surface area (Å²) in [5, 5.41) is 4.37. The third-order valence-electron chi connectivity index (χ3n) is 4.90. The zero-order valence-corrected chi connectivity index (χ0v) is 20.8. The predicted molar refractivity (Wildman–Crippen MR) is 134 cm³/mol. The van der Waals surface area contributed by atoms with E-state index in [-0.39, 0.29) is 30.0 Å². The molecule has 0 saturated carbocycles. The first kappa shape index (κ1) is 25.2. The van der Waals surface area contributed by atoms with Crippen LogP contribution in [0, 0.1) is 0 Å². The zero-order chi connectivity index (χ0) is 20.6. The minimum absolute atomic E-state index is 0. The molecule has 0 aliphatic carbocycles. The van der Waals surface area contributed by atoms with E-state index >= 15 is 0 Å². The quantitative estimate of drug-likeness (QED) is 0.266. The lowest BCUT2D eigenvalue weighted by Gasteiger charge is -2.22. The third kappa shape index (κ3) is 7.89. The van der Waals surface area contributed by atoms with Crippen LogP contribution in [0.5, 0.6) is 0 Å². The Kier molecular flexibility index (Phi) is 10.7. The highest BCUT2D eigenvalue weighted by atomic mass is 127. The van der Waals surface area contributed by atoms with Crippen molar-refractivity contribution in [1.29, 1.82) is 0 Å². The maximum atomic E-state index is 6.25. The van der Waals surface area contributed by atoms with E-state index in [1.54, 1.807) is 6.07 Å². The van der Waals surface area contributed by atoms with Gasteiger partial charge < -0.3 is 20.5 Å². The van der Waals surface area contributed by atoms with E-state index in [1.807, 2.05) is 19.1 Å². The van der Waals surface area contributed by atoms with Crippen molar-refractivity contribution >= 4 is 53.1 Å². The van der Waals surface area contributed by atoms with Gasteiger partial charge >= 0.3 is 0 Å². The molecule has 0 aromatic heterocycles. The van der Waals surface area contributed by atoms with E-state index in [0.29, 0.717) is 35.3 Å². The van der Waals surface area contributed by atoms with Gasteiger partial charge in [0.2, 0.25) is 0 Å². The maximum absolute atomic E-state index is 6.25. The minimum Gasteiger partial charge on any atom is -0.381 e. The van der Waals surface area contributed by atoms with Gasteiger partial charge in [-0.1, -0.05) is 53.5 Å². The fourth-order valence-electron chi connectivity index (χ4n) is 3.17. The lowest BCUT2D eigenvalue weighted by atomic mass is 10.1. The van der Waals surface area contributed by atoms with E-state index < -0.39 is 0 Å². The van der Waals surface area contributed by atoms with E-state index in [9.17, 15) is 0 Å². The fraction of sp³-hybridized carbons (Fsp3) is 0.409. The molecule has 0 bridgehead atoms. The number of nitrogens with two attached hydrogens (primary N) is 1.